The lowest BCUT2D eigenvalue weighted by atomic mass is 9.78. The van der Waals surface area contributed by atoms with E-state index in [1.165, 1.54) is 17.3 Å². The normalized spacial score (nSPS) is 19.0. The molecule has 0 radical (unpaired) electrons. The van der Waals surface area contributed by atoms with E-state index in [1.54, 1.807) is 12.3 Å². The molecule has 0 amide bonds. The molecular weight excluding hydrogens is 263 g/mol. The standard InChI is InChI=1S/C18H21FN2/c1-2-21-18(16-10-17(19)12-20-11-16)15-8-7-13-5-3-4-6-14(13)9-15/h3-6,10-12,15,18,21H,2,7-9H2,1H3. The molecule has 0 aliphatic heterocycles. The van der Waals surface area contributed by atoms with E-state index in [2.05, 4.69) is 41.5 Å². The fraction of sp³-hybridized carbons (Fsp3) is 0.389. The van der Waals surface area contributed by atoms with Crippen LogP contribution in [0.4, 0.5) is 4.39 Å². The first-order chi connectivity index (χ1) is 10.3. The number of benzene rings is 1. The monoisotopic (exact) mass is 284 g/mol. The first-order valence-electron chi connectivity index (χ1n) is 7.68. The number of hydrogen-bond acceptors (Lipinski definition) is 2. The Kier molecular flexibility index (Phi) is 4.30. The van der Waals surface area contributed by atoms with Crippen molar-refractivity contribution in [2.75, 3.05) is 6.54 Å². The average Bonchev–Trinajstić information content (AvgIpc) is 2.52. The number of fused-ring (bicyclic) bond motifs is 1. The zero-order valence-corrected chi connectivity index (χ0v) is 12.3. The molecule has 2 aromatic rings. The minimum atomic E-state index is -0.258. The second-order valence-corrected chi connectivity index (χ2v) is 5.74. The minimum Gasteiger partial charge on any atom is -0.310 e. The van der Waals surface area contributed by atoms with Crippen LogP contribution in [0.1, 0.15) is 36.1 Å². The van der Waals surface area contributed by atoms with Gasteiger partial charge in [-0.25, -0.2) is 4.39 Å². The highest BCUT2D eigenvalue weighted by Gasteiger charge is 2.27. The maximum absolute atomic E-state index is 13.5. The van der Waals surface area contributed by atoms with E-state index >= 15 is 0 Å². The average molecular weight is 284 g/mol. The second-order valence-electron chi connectivity index (χ2n) is 5.74. The first kappa shape index (κ1) is 14.2. The van der Waals surface area contributed by atoms with Gasteiger partial charge in [0, 0.05) is 12.2 Å². The number of pyridine rings is 1. The zero-order valence-electron chi connectivity index (χ0n) is 12.3. The number of aryl methyl sites for hydroxylation is 1. The smallest absolute Gasteiger partial charge is 0.141 e. The quantitative estimate of drug-likeness (QED) is 0.926. The summed E-state index contributed by atoms with van der Waals surface area (Å²) in [6.07, 6.45) is 6.33. The topological polar surface area (TPSA) is 24.9 Å². The molecule has 1 heterocycles. The van der Waals surface area contributed by atoms with Crippen LogP contribution in [0.2, 0.25) is 0 Å². The Hall–Kier alpha value is -1.74. The van der Waals surface area contributed by atoms with Crippen LogP contribution in [0, 0.1) is 11.7 Å². The van der Waals surface area contributed by atoms with Crippen molar-refractivity contribution in [3.05, 3.63) is 65.2 Å². The van der Waals surface area contributed by atoms with Crippen LogP contribution in [0.3, 0.4) is 0 Å². The molecule has 3 rings (SSSR count). The molecular formula is C18H21FN2. The van der Waals surface area contributed by atoms with Crippen molar-refractivity contribution >= 4 is 0 Å². The van der Waals surface area contributed by atoms with Crippen molar-refractivity contribution < 1.29 is 4.39 Å². The van der Waals surface area contributed by atoms with Gasteiger partial charge in [0.25, 0.3) is 0 Å². The van der Waals surface area contributed by atoms with Crippen LogP contribution in [0.15, 0.2) is 42.7 Å². The summed E-state index contributed by atoms with van der Waals surface area (Å²) in [4.78, 5) is 4.01. The van der Waals surface area contributed by atoms with E-state index in [0.717, 1.165) is 31.4 Å². The van der Waals surface area contributed by atoms with Crippen molar-refractivity contribution in [2.24, 2.45) is 5.92 Å². The molecule has 1 N–H and O–H groups in total. The molecule has 21 heavy (non-hydrogen) atoms. The molecule has 110 valence electrons. The number of nitrogens with zero attached hydrogens (tertiary/aromatic N) is 1. The Balaban J connectivity index is 1.85. The van der Waals surface area contributed by atoms with Crippen LogP contribution in [-0.4, -0.2) is 11.5 Å². The van der Waals surface area contributed by atoms with E-state index in [1.807, 2.05) is 0 Å². The summed E-state index contributed by atoms with van der Waals surface area (Å²) < 4.78 is 13.5. The molecule has 1 aliphatic carbocycles. The number of rotatable bonds is 4. The van der Waals surface area contributed by atoms with Gasteiger partial charge in [-0.15, -0.1) is 0 Å². The molecule has 0 fully saturated rings. The Morgan fingerprint density at radius 1 is 1.29 bits per heavy atom. The van der Waals surface area contributed by atoms with Crippen molar-refractivity contribution in [2.45, 2.75) is 32.2 Å². The van der Waals surface area contributed by atoms with Crippen molar-refractivity contribution in [3.63, 3.8) is 0 Å². The van der Waals surface area contributed by atoms with Crippen molar-refractivity contribution in [1.82, 2.24) is 10.3 Å². The van der Waals surface area contributed by atoms with Gasteiger partial charge in [-0.05, 0) is 54.5 Å². The maximum Gasteiger partial charge on any atom is 0.141 e. The summed E-state index contributed by atoms with van der Waals surface area (Å²) in [5.41, 5.74) is 3.85. The summed E-state index contributed by atoms with van der Waals surface area (Å²) in [6, 6.07) is 10.4. The van der Waals surface area contributed by atoms with E-state index < -0.39 is 0 Å². The molecule has 0 spiro atoms. The van der Waals surface area contributed by atoms with Gasteiger partial charge < -0.3 is 5.32 Å². The number of nitrogens with one attached hydrogen (secondary N) is 1. The zero-order chi connectivity index (χ0) is 14.7. The van der Waals surface area contributed by atoms with Crippen LogP contribution in [-0.2, 0) is 12.8 Å². The highest BCUT2D eigenvalue weighted by Crippen LogP contribution is 2.34. The van der Waals surface area contributed by atoms with E-state index in [0.29, 0.717) is 5.92 Å². The van der Waals surface area contributed by atoms with Gasteiger partial charge in [0.15, 0.2) is 0 Å². The Bertz CT molecular complexity index is 612. The van der Waals surface area contributed by atoms with Gasteiger partial charge in [0.2, 0.25) is 0 Å². The molecule has 2 unspecified atom stereocenters. The largest absolute Gasteiger partial charge is 0.310 e. The van der Waals surface area contributed by atoms with Gasteiger partial charge >= 0.3 is 0 Å². The Morgan fingerprint density at radius 2 is 2.10 bits per heavy atom. The molecule has 1 aromatic carbocycles. The molecule has 3 heteroatoms. The van der Waals surface area contributed by atoms with Gasteiger partial charge in [-0.1, -0.05) is 31.2 Å². The lowest BCUT2D eigenvalue weighted by molar-refractivity contribution is 0.329. The SMILES string of the molecule is CCNC(c1cncc(F)c1)C1CCc2ccccc2C1. The van der Waals surface area contributed by atoms with Crippen LogP contribution in [0.25, 0.3) is 0 Å². The van der Waals surface area contributed by atoms with E-state index in [-0.39, 0.29) is 11.9 Å². The molecule has 2 nitrogen and oxygen atoms in total. The third kappa shape index (κ3) is 3.13. The number of aromatic nitrogens is 1. The summed E-state index contributed by atoms with van der Waals surface area (Å²) in [5.74, 6) is 0.232. The summed E-state index contributed by atoms with van der Waals surface area (Å²) in [5, 5.41) is 3.52. The van der Waals surface area contributed by atoms with Gasteiger partial charge in [0.1, 0.15) is 5.82 Å². The van der Waals surface area contributed by atoms with E-state index in [9.17, 15) is 4.39 Å². The maximum atomic E-state index is 13.5. The van der Waals surface area contributed by atoms with Gasteiger partial charge in [-0.2, -0.15) is 0 Å². The summed E-state index contributed by atoms with van der Waals surface area (Å²) >= 11 is 0. The molecule has 0 saturated heterocycles. The molecule has 1 aliphatic rings. The van der Waals surface area contributed by atoms with Crippen LogP contribution >= 0.6 is 0 Å². The predicted molar refractivity (Wildman–Crippen MR) is 82.6 cm³/mol. The van der Waals surface area contributed by atoms with Crippen molar-refractivity contribution in [3.8, 4) is 0 Å². The summed E-state index contributed by atoms with van der Waals surface area (Å²) in [7, 11) is 0. The van der Waals surface area contributed by atoms with Gasteiger partial charge in [0.05, 0.1) is 6.20 Å². The molecule has 0 saturated carbocycles. The second kappa shape index (κ2) is 6.35. The molecule has 2 atom stereocenters. The molecule has 1 aromatic heterocycles. The fourth-order valence-corrected chi connectivity index (χ4v) is 3.39. The first-order valence-corrected chi connectivity index (χ1v) is 7.68. The van der Waals surface area contributed by atoms with Crippen LogP contribution in [0.5, 0.6) is 0 Å². The fourth-order valence-electron chi connectivity index (χ4n) is 3.39. The summed E-state index contributed by atoms with van der Waals surface area (Å²) in [6.45, 7) is 2.97. The van der Waals surface area contributed by atoms with Crippen molar-refractivity contribution in [1.29, 1.82) is 0 Å². The highest BCUT2D eigenvalue weighted by molar-refractivity contribution is 5.31. The lowest BCUT2D eigenvalue weighted by Crippen LogP contribution is -2.32. The third-order valence-corrected chi connectivity index (χ3v) is 4.37. The minimum absolute atomic E-state index is 0.173. The van der Waals surface area contributed by atoms with Gasteiger partial charge in [-0.3, -0.25) is 4.98 Å². The van der Waals surface area contributed by atoms with E-state index in [4.69, 9.17) is 0 Å². The lowest BCUT2D eigenvalue weighted by Gasteiger charge is -2.32. The predicted octanol–water partition coefficient (Wildman–Crippen LogP) is 3.68. The third-order valence-electron chi connectivity index (χ3n) is 4.37. The highest BCUT2D eigenvalue weighted by atomic mass is 19.1. The Labute approximate surface area is 125 Å². The van der Waals surface area contributed by atoms with Crippen LogP contribution < -0.4 is 5.32 Å². The molecule has 0 bridgehead atoms. The number of hydrogen-bond donors (Lipinski definition) is 1. The number of halogens is 1. The Morgan fingerprint density at radius 3 is 2.86 bits per heavy atom.